The van der Waals surface area contributed by atoms with Crippen molar-refractivity contribution in [3.05, 3.63) is 74.2 Å². The van der Waals surface area contributed by atoms with Crippen molar-refractivity contribution in [3.8, 4) is 5.75 Å². The molecule has 0 bridgehead atoms. The van der Waals surface area contributed by atoms with Gasteiger partial charge in [-0.2, -0.15) is 0 Å². The molecule has 11 heteroatoms. The Labute approximate surface area is 233 Å². The van der Waals surface area contributed by atoms with Crippen molar-refractivity contribution in [1.82, 2.24) is 9.47 Å². The number of aromatic nitrogens is 1. The minimum absolute atomic E-state index is 0.117. The van der Waals surface area contributed by atoms with Gasteiger partial charge in [0.25, 0.3) is 0 Å². The zero-order valence-electron chi connectivity index (χ0n) is 21.5. The minimum atomic E-state index is -0.725. The second-order valence-electron chi connectivity index (χ2n) is 9.78. The van der Waals surface area contributed by atoms with Crippen molar-refractivity contribution in [2.45, 2.75) is 29.7 Å². The molecule has 3 atom stereocenters. The Kier molecular flexibility index (Phi) is 6.82. The predicted octanol–water partition coefficient (Wildman–Crippen LogP) is 2.88. The van der Waals surface area contributed by atoms with Gasteiger partial charge in [-0.15, -0.1) is 0 Å². The molecule has 202 valence electrons. The van der Waals surface area contributed by atoms with Gasteiger partial charge in [0.05, 0.1) is 37.0 Å². The number of fused-ring (bicyclic) bond motifs is 2. The zero-order valence-corrected chi connectivity index (χ0v) is 23.1. The van der Waals surface area contributed by atoms with E-state index in [1.807, 2.05) is 43.3 Å². The zero-order chi connectivity index (χ0) is 27.3. The minimum Gasteiger partial charge on any atom is -0.497 e. The Morgan fingerprint density at radius 2 is 1.69 bits per heavy atom. The summed E-state index contributed by atoms with van der Waals surface area (Å²) in [6.45, 7) is 3.71. The number of rotatable bonds is 5. The molecule has 2 aromatic carbocycles. The maximum Gasteiger partial charge on any atom is 0.308 e. The summed E-state index contributed by atoms with van der Waals surface area (Å²) in [5.41, 5.74) is 2.37. The number of methoxy groups -OCH3 is 1. The van der Waals surface area contributed by atoms with Gasteiger partial charge in [-0.25, -0.2) is 4.90 Å². The Morgan fingerprint density at radius 1 is 1.00 bits per heavy atom. The summed E-state index contributed by atoms with van der Waals surface area (Å²) in [6.07, 6.45) is 0. The number of anilines is 1. The molecule has 3 aliphatic heterocycles. The first-order valence-electron chi connectivity index (χ1n) is 12.7. The monoisotopic (exact) mass is 565 g/mol. The fourth-order valence-corrected chi connectivity index (χ4v) is 8.20. The number of ether oxygens (including phenoxy) is 2. The number of carbonyl (C=O) groups excluding carboxylic acids is 3. The van der Waals surface area contributed by atoms with Gasteiger partial charge in [-0.1, -0.05) is 52.9 Å². The normalized spacial score (nSPS) is 22.6. The molecule has 0 spiro atoms. The molecular formula is C28H27N3O6S2. The number of imide groups is 1. The first-order valence-corrected chi connectivity index (χ1v) is 14.4. The molecule has 1 aromatic heterocycles. The maximum absolute atomic E-state index is 13.9. The van der Waals surface area contributed by atoms with Crippen molar-refractivity contribution in [2.75, 3.05) is 38.3 Å². The summed E-state index contributed by atoms with van der Waals surface area (Å²) in [7, 11) is 1.58. The Bertz CT molecular complexity index is 1490. The number of hydrogen-bond donors (Lipinski definition) is 0. The number of hydrogen-bond acceptors (Lipinski definition) is 8. The molecule has 0 saturated carbocycles. The van der Waals surface area contributed by atoms with Gasteiger partial charge < -0.3 is 14.4 Å². The van der Waals surface area contributed by atoms with Gasteiger partial charge in [-0.05, 0) is 36.8 Å². The van der Waals surface area contributed by atoms with E-state index in [-0.39, 0.29) is 29.1 Å². The smallest absolute Gasteiger partial charge is 0.308 e. The lowest BCUT2D eigenvalue weighted by molar-refractivity contribution is -0.136. The number of morpholine rings is 1. The molecule has 0 unspecified atom stereocenters. The topological polar surface area (TPSA) is 98.2 Å². The molecular weight excluding hydrogens is 538 g/mol. The van der Waals surface area contributed by atoms with Crippen LogP contribution in [0.2, 0.25) is 0 Å². The van der Waals surface area contributed by atoms with Gasteiger partial charge in [-0.3, -0.25) is 23.7 Å². The lowest BCUT2D eigenvalue weighted by Crippen LogP contribution is -2.43. The summed E-state index contributed by atoms with van der Waals surface area (Å²) >= 11 is 2.27. The van der Waals surface area contributed by atoms with Crippen LogP contribution in [0.4, 0.5) is 5.69 Å². The van der Waals surface area contributed by atoms with E-state index in [9.17, 15) is 19.2 Å². The summed E-state index contributed by atoms with van der Waals surface area (Å²) in [6, 6.07) is 14.7. The number of benzene rings is 2. The van der Waals surface area contributed by atoms with Crippen molar-refractivity contribution < 1.29 is 23.9 Å². The first-order chi connectivity index (χ1) is 18.9. The molecule has 0 radical (unpaired) electrons. The third kappa shape index (κ3) is 4.48. The second kappa shape index (κ2) is 10.3. The van der Waals surface area contributed by atoms with Crippen LogP contribution in [0.1, 0.15) is 21.9 Å². The predicted molar refractivity (Wildman–Crippen MR) is 148 cm³/mol. The van der Waals surface area contributed by atoms with Gasteiger partial charge in [0.15, 0.2) is 0 Å². The number of aryl methyl sites for hydroxylation is 1. The second-order valence-corrected chi connectivity index (χ2v) is 11.9. The standard InChI is InChI=1S/C28H27N3O6S2/c1-16-3-7-18(8-4-16)31-25(33)22-21(17-5-9-19(36-2)10-6-17)24-27(38-23(22)26(31)34)30(28(35)39-24)15-20(32)29-11-13-37-14-12-29/h3-10,21-23H,11-15H2,1-2H3/t21-,22+,23-/m0/s1. The quantitative estimate of drug-likeness (QED) is 0.439. The van der Waals surface area contributed by atoms with Crippen LogP contribution >= 0.6 is 23.1 Å². The number of carbonyl (C=O) groups is 3. The molecule has 2 saturated heterocycles. The van der Waals surface area contributed by atoms with Gasteiger partial charge in [0, 0.05) is 23.9 Å². The van der Waals surface area contributed by atoms with E-state index in [4.69, 9.17) is 9.47 Å². The van der Waals surface area contributed by atoms with Crippen molar-refractivity contribution in [3.63, 3.8) is 0 Å². The van der Waals surface area contributed by atoms with Crippen LogP contribution in [0.15, 0.2) is 58.4 Å². The van der Waals surface area contributed by atoms with Crippen molar-refractivity contribution >= 4 is 46.5 Å². The highest BCUT2D eigenvalue weighted by Gasteiger charge is 2.56. The van der Waals surface area contributed by atoms with E-state index < -0.39 is 17.1 Å². The molecule has 0 aliphatic carbocycles. The molecule has 4 heterocycles. The van der Waals surface area contributed by atoms with E-state index in [1.165, 1.54) is 21.2 Å². The number of amides is 3. The van der Waals surface area contributed by atoms with E-state index in [1.54, 1.807) is 24.1 Å². The lowest BCUT2D eigenvalue weighted by Gasteiger charge is -2.31. The van der Waals surface area contributed by atoms with Crippen LogP contribution in [-0.2, 0) is 25.7 Å². The molecule has 9 nitrogen and oxygen atoms in total. The summed E-state index contributed by atoms with van der Waals surface area (Å²) in [4.78, 5) is 57.5. The third-order valence-corrected chi connectivity index (χ3v) is 10.1. The fourth-order valence-electron chi connectivity index (χ4n) is 5.42. The average Bonchev–Trinajstić information content (AvgIpc) is 3.40. The van der Waals surface area contributed by atoms with Gasteiger partial charge in [0.2, 0.25) is 17.7 Å². The van der Waals surface area contributed by atoms with Crippen LogP contribution in [0.5, 0.6) is 5.75 Å². The molecule has 6 rings (SSSR count). The Morgan fingerprint density at radius 3 is 2.36 bits per heavy atom. The average molecular weight is 566 g/mol. The molecule has 3 amide bonds. The lowest BCUT2D eigenvalue weighted by atomic mass is 9.83. The van der Waals surface area contributed by atoms with Crippen molar-refractivity contribution in [2.24, 2.45) is 5.92 Å². The first kappa shape index (κ1) is 25.8. The molecule has 3 aromatic rings. The van der Waals surface area contributed by atoms with Crippen LogP contribution in [-0.4, -0.2) is 65.9 Å². The van der Waals surface area contributed by atoms with E-state index in [2.05, 4.69) is 0 Å². The maximum atomic E-state index is 13.9. The van der Waals surface area contributed by atoms with E-state index >= 15 is 0 Å². The third-order valence-electron chi connectivity index (χ3n) is 7.47. The van der Waals surface area contributed by atoms with Gasteiger partial charge in [0.1, 0.15) is 17.5 Å². The molecule has 0 N–H and O–H groups in total. The van der Waals surface area contributed by atoms with Gasteiger partial charge >= 0.3 is 4.87 Å². The summed E-state index contributed by atoms with van der Waals surface area (Å²) < 4.78 is 12.2. The molecule has 2 fully saturated rings. The number of thioether (sulfide) groups is 1. The SMILES string of the molecule is COc1ccc([C@@H]2c3sc(=O)n(CC(=O)N4CCOCC4)c3S[C@@H]3C(=O)N(c4ccc(C)cc4)C(=O)[C@H]23)cc1. The highest BCUT2D eigenvalue weighted by molar-refractivity contribution is 8.00. The summed E-state index contributed by atoms with van der Waals surface area (Å²) in [5.74, 6) is -1.30. The Balaban J connectivity index is 1.43. The Hall–Kier alpha value is -3.41. The summed E-state index contributed by atoms with van der Waals surface area (Å²) in [5, 5.41) is -0.141. The largest absolute Gasteiger partial charge is 0.497 e. The molecule has 39 heavy (non-hydrogen) atoms. The van der Waals surface area contributed by atoms with Crippen molar-refractivity contribution in [1.29, 1.82) is 0 Å². The van der Waals surface area contributed by atoms with E-state index in [0.717, 1.165) is 22.5 Å². The highest BCUT2D eigenvalue weighted by Crippen LogP contribution is 2.54. The highest BCUT2D eigenvalue weighted by atomic mass is 32.2. The van der Waals surface area contributed by atoms with Crippen LogP contribution in [0, 0.1) is 12.8 Å². The van der Waals surface area contributed by atoms with E-state index in [0.29, 0.717) is 47.6 Å². The van der Waals surface area contributed by atoms with Crippen LogP contribution < -0.4 is 14.5 Å². The fraction of sp³-hybridized carbons (Fsp3) is 0.357. The number of thiazole rings is 1. The van der Waals surface area contributed by atoms with Crippen LogP contribution in [0.3, 0.4) is 0 Å². The van der Waals surface area contributed by atoms with Crippen LogP contribution in [0.25, 0.3) is 0 Å². The number of nitrogens with zero attached hydrogens (tertiary/aromatic N) is 3. The molecule has 3 aliphatic rings.